The fourth-order valence-electron chi connectivity index (χ4n) is 3.74. The van der Waals surface area contributed by atoms with Crippen LogP contribution in [0.3, 0.4) is 0 Å². The Bertz CT molecular complexity index is 911. The number of hydrogen-bond donors (Lipinski definition) is 1. The molecule has 3 rings (SSSR count). The van der Waals surface area contributed by atoms with E-state index in [-0.39, 0.29) is 17.7 Å². The average molecular weight is 383 g/mol. The lowest BCUT2D eigenvalue weighted by molar-refractivity contribution is 0.0950. The highest BCUT2D eigenvalue weighted by Crippen LogP contribution is 2.17. The SMILES string of the molecule is C=CCn1c(=O)c(CNC2CCN(C(=O)OCC)CC2)cc2cc(C)ccc21. The monoisotopic (exact) mass is 383 g/mol. The summed E-state index contributed by atoms with van der Waals surface area (Å²) in [5, 5.41) is 4.57. The van der Waals surface area contributed by atoms with Crippen molar-refractivity contribution >= 4 is 17.0 Å². The van der Waals surface area contributed by atoms with E-state index < -0.39 is 0 Å². The third kappa shape index (κ3) is 4.44. The van der Waals surface area contributed by atoms with Gasteiger partial charge < -0.3 is 19.5 Å². The van der Waals surface area contributed by atoms with Gasteiger partial charge in [0.15, 0.2) is 0 Å². The lowest BCUT2D eigenvalue weighted by Gasteiger charge is -2.31. The van der Waals surface area contributed by atoms with Gasteiger partial charge in [-0.05, 0) is 50.3 Å². The van der Waals surface area contributed by atoms with Gasteiger partial charge in [0.25, 0.3) is 5.56 Å². The maximum Gasteiger partial charge on any atom is 0.409 e. The van der Waals surface area contributed by atoms with Crippen molar-refractivity contribution in [3.63, 3.8) is 0 Å². The van der Waals surface area contributed by atoms with Crippen LogP contribution in [0.25, 0.3) is 10.9 Å². The van der Waals surface area contributed by atoms with Crippen LogP contribution in [0.1, 0.15) is 30.9 Å². The summed E-state index contributed by atoms with van der Waals surface area (Å²) < 4.78 is 6.84. The number of fused-ring (bicyclic) bond motifs is 1. The van der Waals surface area contributed by atoms with Crippen LogP contribution in [-0.2, 0) is 17.8 Å². The second-order valence-electron chi connectivity index (χ2n) is 7.28. The molecule has 0 unspecified atom stereocenters. The fraction of sp³-hybridized carbons (Fsp3) is 0.455. The van der Waals surface area contributed by atoms with Gasteiger partial charge in [-0.15, -0.1) is 6.58 Å². The molecular formula is C22H29N3O3. The van der Waals surface area contributed by atoms with Gasteiger partial charge in [-0.1, -0.05) is 17.7 Å². The molecule has 28 heavy (non-hydrogen) atoms. The third-order valence-corrected chi connectivity index (χ3v) is 5.24. The molecule has 6 nitrogen and oxygen atoms in total. The first-order chi connectivity index (χ1) is 13.5. The van der Waals surface area contributed by atoms with E-state index in [4.69, 9.17) is 4.74 Å². The fourth-order valence-corrected chi connectivity index (χ4v) is 3.74. The van der Waals surface area contributed by atoms with Crippen molar-refractivity contribution in [3.05, 3.63) is 58.4 Å². The summed E-state index contributed by atoms with van der Waals surface area (Å²) in [5.41, 5.74) is 2.88. The van der Waals surface area contributed by atoms with Gasteiger partial charge in [-0.2, -0.15) is 0 Å². The zero-order chi connectivity index (χ0) is 20.1. The molecule has 0 saturated carbocycles. The number of likely N-dealkylation sites (tertiary alicyclic amines) is 1. The Hall–Kier alpha value is -2.60. The van der Waals surface area contributed by atoms with Crippen LogP contribution < -0.4 is 10.9 Å². The number of piperidine rings is 1. The number of hydrogen-bond acceptors (Lipinski definition) is 4. The molecule has 1 aliphatic rings. The number of nitrogens with zero attached hydrogens (tertiary/aromatic N) is 2. The Morgan fingerprint density at radius 1 is 1.32 bits per heavy atom. The molecule has 1 aromatic heterocycles. The summed E-state index contributed by atoms with van der Waals surface area (Å²) in [7, 11) is 0. The Labute approximate surface area is 165 Å². The molecule has 1 N–H and O–H groups in total. The van der Waals surface area contributed by atoms with Gasteiger partial charge in [-0.3, -0.25) is 4.79 Å². The normalized spacial score (nSPS) is 15.0. The number of carbonyl (C=O) groups excluding carboxylic acids is 1. The van der Waals surface area contributed by atoms with Gasteiger partial charge in [0.1, 0.15) is 0 Å². The molecule has 6 heteroatoms. The van der Waals surface area contributed by atoms with E-state index in [0.29, 0.717) is 32.8 Å². The minimum Gasteiger partial charge on any atom is -0.450 e. The number of amides is 1. The van der Waals surface area contributed by atoms with Crippen molar-refractivity contribution in [3.8, 4) is 0 Å². The molecule has 150 valence electrons. The van der Waals surface area contributed by atoms with E-state index in [1.165, 1.54) is 5.56 Å². The molecular weight excluding hydrogens is 354 g/mol. The van der Waals surface area contributed by atoms with Crippen LogP contribution >= 0.6 is 0 Å². The van der Waals surface area contributed by atoms with E-state index in [1.807, 2.05) is 25.1 Å². The van der Waals surface area contributed by atoms with Crippen LogP contribution in [0.4, 0.5) is 4.79 Å². The van der Waals surface area contributed by atoms with E-state index in [2.05, 4.69) is 24.9 Å². The van der Waals surface area contributed by atoms with E-state index >= 15 is 0 Å². The van der Waals surface area contributed by atoms with Gasteiger partial charge in [0.05, 0.1) is 12.1 Å². The average Bonchev–Trinajstić information content (AvgIpc) is 2.69. The second-order valence-corrected chi connectivity index (χ2v) is 7.28. The van der Waals surface area contributed by atoms with Gasteiger partial charge >= 0.3 is 6.09 Å². The topological polar surface area (TPSA) is 63.6 Å². The standard InChI is InChI=1S/C22H29N3O3/c1-4-10-25-20-7-6-16(3)13-17(20)14-18(21(25)26)15-23-19-8-11-24(12-9-19)22(27)28-5-2/h4,6-7,13-14,19,23H,1,5,8-12,15H2,2-3H3. The molecule has 0 atom stereocenters. The molecule has 1 aromatic carbocycles. The van der Waals surface area contributed by atoms with Crippen LogP contribution in [0, 0.1) is 6.92 Å². The molecule has 0 radical (unpaired) electrons. The molecule has 1 amide bonds. The number of benzene rings is 1. The molecule has 2 aromatic rings. The number of allylic oxidation sites excluding steroid dienone is 1. The number of rotatable bonds is 6. The minimum absolute atomic E-state index is 0.0210. The van der Waals surface area contributed by atoms with E-state index in [1.54, 1.807) is 15.5 Å². The molecule has 1 aliphatic heterocycles. The Morgan fingerprint density at radius 2 is 2.07 bits per heavy atom. The number of carbonyl (C=O) groups is 1. The maximum absolute atomic E-state index is 12.9. The van der Waals surface area contributed by atoms with Crippen LogP contribution in [0.15, 0.2) is 41.7 Å². The zero-order valence-corrected chi connectivity index (χ0v) is 16.7. The summed E-state index contributed by atoms with van der Waals surface area (Å²) >= 11 is 0. The third-order valence-electron chi connectivity index (χ3n) is 5.24. The number of ether oxygens (including phenoxy) is 1. The van der Waals surface area contributed by atoms with Crippen molar-refractivity contribution in [2.75, 3.05) is 19.7 Å². The highest BCUT2D eigenvalue weighted by atomic mass is 16.6. The Kier molecular flexibility index (Phi) is 6.52. The van der Waals surface area contributed by atoms with Crippen molar-refractivity contribution < 1.29 is 9.53 Å². The van der Waals surface area contributed by atoms with Gasteiger partial charge in [0, 0.05) is 37.8 Å². The highest BCUT2D eigenvalue weighted by Gasteiger charge is 2.23. The van der Waals surface area contributed by atoms with Crippen molar-refractivity contribution in [1.29, 1.82) is 0 Å². The number of pyridine rings is 1. The van der Waals surface area contributed by atoms with Crippen LogP contribution in [-0.4, -0.2) is 41.3 Å². The smallest absolute Gasteiger partial charge is 0.409 e. The molecule has 2 heterocycles. The van der Waals surface area contributed by atoms with Gasteiger partial charge in [0.2, 0.25) is 0 Å². The molecule has 0 aliphatic carbocycles. The van der Waals surface area contributed by atoms with Crippen LogP contribution in [0.5, 0.6) is 0 Å². The number of aromatic nitrogens is 1. The summed E-state index contributed by atoms with van der Waals surface area (Å²) in [5.74, 6) is 0. The van der Waals surface area contributed by atoms with Crippen molar-refractivity contribution in [2.45, 2.75) is 45.8 Å². The highest BCUT2D eigenvalue weighted by molar-refractivity contribution is 5.80. The first kappa shape index (κ1) is 20.1. The maximum atomic E-state index is 12.9. The quantitative estimate of drug-likeness (QED) is 0.778. The van der Waals surface area contributed by atoms with Crippen LogP contribution in [0.2, 0.25) is 0 Å². The Balaban J connectivity index is 1.71. The minimum atomic E-state index is -0.238. The lowest BCUT2D eigenvalue weighted by Crippen LogP contribution is -2.45. The largest absolute Gasteiger partial charge is 0.450 e. The molecule has 0 spiro atoms. The van der Waals surface area contributed by atoms with Gasteiger partial charge in [-0.25, -0.2) is 4.79 Å². The summed E-state index contributed by atoms with van der Waals surface area (Å²) in [6, 6.07) is 8.40. The summed E-state index contributed by atoms with van der Waals surface area (Å²) in [4.78, 5) is 26.5. The van der Waals surface area contributed by atoms with Crippen molar-refractivity contribution in [2.24, 2.45) is 0 Å². The first-order valence-electron chi connectivity index (χ1n) is 9.92. The summed E-state index contributed by atoms with van der Waals surface area (Å²) in [6.45, 7) is 10.4. The number of nitrogens with one attached hydrogen (secondary N) is 1. The summed E-state index contributed by atoms with van der Waals surface area (Å²) in [6.07, 6.45) is 3.22. The van der Waals surface area contributed by atoms with E-state index in [9.17, 15) is 9.59 Å². The molecule has 1 saturated heterocycles. The predicted molar refractivity (Wildman–Crippen MR) is 112 cm³/mol. The Morgan fingerprint density at radius 3 is 2.75 bits per heavy atom. The first-order valence-corrected chi connectivity index (χ1v) is 9.92. The second kappa shape index (κ2) is 9.06. The molecule has 1 fully saturated rings. The van der Waals surface area contributed by atoms with E-state index in [0.717, 1.165) is 29.3 Å². The lowest BCUT2D eigenvalue weighted by atomic mass is 10.0. The van der Waals surface area contributed by atoms with Crippen molar-refractivity contribution in [1.82, 2.24) is 14.8 Å². The zero-order valence-electron chi connectivity index (χ0n) is 16.7. The number of aryl methyl sites for hydroxylation is 1. The molecule has 0 bridgehead atoms. The predicted octanol–water partition coefficient (Wildman–Crippen LogP) is 3.21.